The van der Waals surface area contributed by atoms with Crippen molar-refractivity contribution in [2.24, 2.45) is 7.05 Å². The summed E-state index contributed by atoms with van der Waals surface area (Å²) in [6, 6.07) is 10.6. The number of benzene rings is 1. The van der Waals surface area contributed by atoms with Crippen LogP contribution in [0.5, 0.6) is 0 Å². The van der Waals surface area contributed by atoms with Gasteiger partial charge in [-0.3, -0.25) is 9.48 Å². The van der Waals surface area contributed by atoms with Crippen LogP contribution in [0.4, 0.5) is 0 Å². The van der Waals surface area contributed by atoms with Gasteiger partial charge in [0.2, 0.25) is 0 Å². The number of carbonyl (C=O) groups excluding carboxylic acids is 1. The molecule has 1 N–H and O–H groups in total. The minimum atomic E-state index is 0. The summed E-state index contributed by atoms with van der Waals surface area (Å²) in [5.74, 6) is 0.0428. The molecule has 1 aliphatic heterocycles. The summed E-state index contributed by atoms with van der Waals surface area (Å²) < 4.78 is 1.77. The molecule has 2 aromatic heterocycles. The number of fused-ring (bicyclic) bond motifs is 1. The van der Waals surface area contributed by atoms with Crippen LogP contribution in [-0.4, -0.2) is 45.2 Å². The van der Waals surface area contributed by atoms with Crippen LogP contribution in [0.1, 0.15) is 45.8 Å². The summed E-state index contributed by atoms with van der Waals surface area (Å²) in [6.07, 6.45) is 1.02. The Labute approximate surface area is 189 Å². The Bertz CT molecular complexity index is 1030. The van der Waals surface area contributed by atoms with Gasteiger partial charge in [0.05, 0.1) is 23.0 Å². The zero-order valence-electron chi connectivity index (χ0n) is 17.8. The molecule has 1 atom stereocenters. The highest BCUT2D eigenvalue weighted by atomic mass is 35.5. The summed E-state index contributed by atoms with van der Waals surface area (Å²) in [5.41, 5.74) is 5.61. The summed E-state index contributed by atoms with van der Waals surface area (Å²) in [4.78, 5) is 20.2. The molecule has 1 saturated heterocycles. The van der Waals surface area contributed by atoms with Gasteiger partial charge in [0.1, 0.15) is 0 Å². The zero-order chi connectivity index (χ0) is 19.8. The van der Waals surface area contributed by atoms with E-state index in [0.29, 0.717) is 12.1 Å². The summed E-state index contributed by atoms with van der Waals surface area (Å²) in [5, 5.41) is 8.81. The Kier molecular flexibility index (Phi) is 7.86. The van der Waals surface area contributed by atoms with Crippen LogP contribution in [0.15, 0.2) is 30.3 Å². The topological polar surface area (TPSA) is 63.1 Å². The first-order chi connectivity index (χ1) is 13.5. The molecule has 0 aliphatic carbocycles. The molecular formula is C22H29Cl2N5O. The number of pyridine rings is 1. The van der Waals surface area contributed by atoms with Crippen LogP contribution in [-0.2, 0) is 13.5 Å². The van der Waals surface area contributed by atoms with Gasteiger partial charge in [-0.1, -0.05) is 31.2 Å². The lowest BCUT2D eigenvalue weighted by Crippen LogP contribution is -2.48. The summed E-state index contributed by atoms with van der Waals surface area (Å²) in [6.45, 7) is 8.26. The van der Waals surface area contributed by atoms with Crippen LogP contribution >= 0.6 is 24.8 Å². The third-order valence-corrected chi connectivity index (χ3v) is 5.70. The normalized spacial score (nSPS) is 16.1. The minimum Gasteiger partial charge on any atom is -0.329 e. The third-order valence-electron chi connectivity index (χ3n) is 5.70. The molecule has 1 amide bonds. The molecule has 3 aromatic rings. The van der Waals surface area contributed by atoms with Crippen molar-refractivity contribution in [1.29, 1.82) is 0 Å². The third kappa shape index (κ3) is 4.31. The average Bonchev–Trinajstić information content (AvgIpc) is 2.99. The fourth-order valence-corrected chi connectivity index (χ4v) is 4.02. The Morgan fingerprint density at radius 3 is 2.53 bits per heavy atom. The quantitative estimate of drug-likeness (QED) is 0.660. The molecule has 162 valence electrons. The van der Waals surface area contributed by atoms with E-state index in [1.54, 1.807) is 4.68 Å². The van der Waals surface area contributed by atoms with Gasteiger partial charge in [-0.15, -0.1) is 24.8 Å². The maximum Gasteiger partial charge on any atom is 0.256 e. The van der Waals surface area contributed by atoms with Crippen molar-refractivity contribution in [2.75, 3.05) is 19.6 Å². The second-order valence-electron chi connectivity index (χ2n) is 7.52. The smallest absolute Gasteiger partial charge is 0.256 e. The molecule has 0 bridgehead atoms. The maximum atomic E-state index is 13.5. The summed E-state index contributed by atoms with van der Waals surface area (Å²) >= 11 is 0. The SMILES string of the molecule is CCc1ccc(C2CNCCN2C(=O)c2cc3c(C)nn(C)c3nc2C)cc1.Cl.Cl. The lowest BCUT2D eigenvalue weighted by Gasteiger charge is -2.37. The van der Waals surface area contributed by atoms with Crippen molar-refractivity contribution in [2.45, 2.75) is 33.2 Å². The van der Waals surface area contributed by atoms with Crippen molar-refractivity contribution in [1.82, 2.24) is 25.0 Å². The summed E-state index contributed by atoms with van der Waals surface area (Å²) in [7, 11) is 1.88. The van der Waals surface area contributed by atoms with Gasteiger partial charge < -0.3 is 10.2 Å². The van der Waals surface area contributed by atoms with Gasteiger partial charge in [-0.05, 0) is 37.5 Å². The zero-order valence-corrected chi connectivity index (χ0v) is 19.4. The van der Waals surface area contributed by atoms with Crippen LogP contribution in [0.25, 0.3) is 11.0 Å². The van der Waals surface area contributed by atoms with Crippen LogP contribution in [0, 0.1) is 13.8 Å². The Balaban J connectivity index is 0.00000160. The molecule has 1 fully saturated rings. The van der Waals surface area contributed by atoms with Gasteiger partial charge in [-0.2, -0.15) is 5.10 Å². The predicted molar refractivity (Wildman–Crippen MR) is 125 cm³/mol. The number of hydrogen-bond acceptors (Lipinski definition) is 4. The molecule has 0 spiro atoms. The molecule has 0 saturated carbocycles. The standard InChI is InChI=1S/C22H27N5O.2ClH/c1-5-16-6-8-17(9-7-16)20-13-23-10-11-27(20)22(28)19-12-18-15(3)25-26(4)21(18)24-14(19)2;;/h6-9,12,20,23H,5,10-11,13H2,1-4H3;2*1H. The average molecular weight is 450 g/mol. The van der Waals surface area contributed by atoms with E-state index >= 15 is 0 Å². The molecule has 1 unspecified atom stereocenters. The number of nitrogens with zero attached hydrogens (tertiary/aromatic N) is 4. The van der Waals surface area contributed by atoms with E-state index in [2.05, 4.69) is 46.6 Å². The van der Waals surface area contributed by atoms with E-state index in [-0.39, 0.29) is 36.8 Å². The fourth-order valence-electron chi connectivity index (χ4n) is 4.02. The second kappa shape index (κ2) is 9.77. The van der Waals surface area contributed by atoms with E-state index in [1.165, 1.54) is 11.1 Å². The molecule has 4 rings (SSSR count). The van der Waals surface area contributed by atoms with E-state index in [4.69, 9.17) is 0 Å². The van der Waals surface area contributed by atoms with Crippen LogP contribution in [0.2, 0.25) is 0 Å². The van der Waals surface area contributed by atoms with Gasteiger partial charge in [0, 0.05) is 32.1 Å². The molecule has 6 nitrogen and oxygen atoms in total. The van der Waals surface area contributed by atoms with Crippen molar-refractivity contribution < 1.29 is 4.79 Å². The Morgan fingerprint density at radius 1 is 1.17 bits per heavy atom. The second-order valence-corrected chi connectivity index (χ2v) is 7.52. The van der Waals surface area contributed by atoms with Gasteiger partial charge in [0.15, 0.2) is 5.65 Å². The number of halogens is 2. The fraction of sp³-hybridized carbons (Fsp3) is 0.409. The number of amides is 1. The molecule has 8 heteroatoms. The molecule has 30 heavy (non-hydrogen) atoms. The number of rotatable bonds is 3. The number of aryl methyl sites for hydroxylation is 4. The van der Waals surface area contributed by atoms with Crippen molar-refractivity contribution in [3.63, 3.8) is 0 Å². The lowest BCUT2D eigenvalue weighted by molar-refractivity contribution is 0.0633. The maximum absolute atomic E-state index is 13.5. The Hall–Kier alpha value is -2.15. The highest BCUT2D eigenvalue weighted by molar-refractivity contribution is 5.99. The molecule has 1 aliphatic rings. The van der Waals surface area contributed by atoms with Gasteiger partial charge >= 0.3 is 0 Å². The largest absolute Gasteiger partial charge is 0.329 e. The van der Waals surface area contributed by atoms with E-state index in [9.17, 15) is 4.79 Å². The predicted octanol–water partition coefficient (Wildman–Crippen LogP) is 3.78. The van der Waals surface area contributed by atoms with Crippen LogP contribution in [0.3, 0.4) is 0 Å². The number of aromatic nitrogens is 3. The van der Waals surface area contributed by atoms with E-state index in [0.717, 1.165) is 41.9 Å². The highest BCUT2D eigenvalue weighted by Gasteiger charge is 2.30. The first-order valence-corrected chi connectivity index (χ1v) is 9.91. The van der Waals surface area contributed by atoms with Gasteiger partial charge in [0.25, 0.3) is 5.91 Å². The molecule has 1 aromatic carbocycles. The van der Waals surface area contributed by atoms with E-state index < -0.39 is 0 Å². The van der Waals surface area contributed by atoms with Crippen molar-refractivity contribution >= 4 is 41.8 Å². The van der Waals surface area contributed by atoms with Gasteiger partial charge in [-0.25, -0.2) is 4.98 Å². The molecular weight excluding hydrogens is 421 g/mol. The number of carbonyl (C=O) groups is 1. The van der Waals surface area contributed by atoms with Crippen molar-refractivity contribution in [3.8, 4) is 0 Å². The molecule has 3 heterocycles. The minimum absolute atomic E-state index is 0. The lowest BCUT2D eigenvalue weighted by atomic mass is 9.99. The monoisotopic (exact) mass is 449 g/mol. The molecule has 0 radical (unpaired) electrons. The number of piperazine rings is 1. The van der Waals surface area contributed by atoms with Crippen molar-refractivity contribution in [3.05, 3.63) is 58.4 Å². The highest BCUT2D eigenvalue weighted by Crippen LogP contribution is 2.27. The van der Waals surface area contributed by atoms with Crippen LogP contribution < -0.4 is 5.32 Å². The number of hydrogen-bond donors (Lipinski definition) is 1. The van der Waals surface area contributed by atoms with E-state index in [1.807, 2.05) is 31.9 Å². The Morgan fingerprint density at radius 2 is 1.87 bits per heavy atom. The number of nitrogens with one attached hydrogen (secondary N) is 1. The first kappa shape index (κ1) is 24.1. The first-order valence-electron chi connectivity index (χ1n) is 9.91.